The summed E-state index contributed by atoms with van der Waals surface area (Å²) in [5.41, 5.74) is 0. The van der Waals surface area contributed by atoms with Gasteiger partial charge in [-0.25, -0.2) is 0 Å². The largest absolute Gasteiger partial charge is 0.379 e. The first-order valence-electron chi connectivity index (χ1n) is 7.65. The molecule has 0 aromatic rings. The van der Waals surface area contributed by atoms with Crippen molar-refractivity contribution in [2.45, 2.75) is 13.0 Å². The van der Waals surface area contributed by atoms with Crippen LogP contribution < -0.4 is 5.32 Å². The van der Waals surface area contributed by atoms with Crippen molar-refractivity contribution in [2.24, 2.45) is 0 Å². The molecule has 0 bridgehead atoms. The highest BCUT2D eigenvalue weighted by atomic mass is 16.5. The highest BCUT2D eigenvalue weighted by molar-refractivity contribution is 5.78. The van der Waals surface area contributed by atoms with E-state index in [1.165, 1.54) is 0 Å². The van der Waals surface area contributed by atoms with Crippen molar-refractivity contribution in [3.05, 3.63) is 0 Å². The summed E-state index contributed by atoms with van der Waals surface area (Å²) in [6.45, 7) is 10.9. The van der Waals surface area contributed by atoms with Gasteiger partial charge in [0.05, 0.1) is 19.8 Å². The Morgan fingerprint density at radius 1 is 1.15 bits per heavy atom. The average molecular weight is 284 g/mol. The van der Waals surface area contributed by atoms with E-state index >= 15 is 0 Å². The molecule has 116 valence electrons. The van der Waals surface area contributed by atoms with Crippen LogP contribution in [0.3, 0.4) is 0 Å². The van der Waals surface area contributed by atoms with Gasteiger partial charge in [-0.05, 0) is 14.0 Å². The number of hydrogen-bond acceptors (Lipinski definition) is 5. The zero-order valence-electron chi connectivity index (χ0n) is 12.8. The van der Waals surface area contributed by atoms with Crippen LogP contribution in [0, 0.1) is 0 Å². The number of ether oxygens (including phenoxy) is 1. The number of nitrogens with zero attached hydrogens (tertiary/aromatic N) is 3. The fourth-order valence-electron chi connectivity index (χ4n) is 2.66. The lowest BCUT2D eigenvalue weighted by atomic mass is 10.2. The molecule has 0 aromatic heterocycles. The lowest BCUT2D eigenvalue weighted by Crippen LogP contribution is -2.51. The van der Waals surface area contributed by atoms with Crippen molar-refractivity contribution in [3.63, 3.8) is 0 Å². The Kier molecular flexibility index (Phi) is 6.22. The Labute approximate surface area is 122 Å². The minimum atomic E-state index is 0.229. The van der Waals surface area contributed by atoms with E-state index < -0.39 is 0 Å². The van der Waals surface area contributed by atoms with Gasteiger partial charge in [0, 0.05) is 51.9 Å². The topological polar surface area (TPSA) is 48.1 Å². The number of carbonyl (C=O) groups is 1. The van der Waals surface area contributed by atoms with Crippen LogP contribution in [-0.2, 0) is 9.53 Å². The predicted molar refractivity (Wildman–Crippen MR) is 78.8 cm³/mol. The molecule has 20 heavy (non-hydrogen) atoms. The van der Waals surface area contributed by atoms with Gasteiger partial charge in [0.1, 0.15) is 0 Å². The number of hydrogen-bond donors (Lipinski definition) is 1. The molecular formula is C14H28N4O2. The van der Waals surface area contributed by atoms with Crippen LogP contribution in [0.2, 0.25) is 0 Å². The summed E-state index contributed by atoms with van der Waals surface area (Å²) in [5.74, 6) is 0.229. The maximum absolute atomic E-state index is 12.1. The molecule has 2 saturated heterocycles. The molecule has 0 aliphatic carbocycles. The van der Waals surface area contributed by atoms with Gasteiger partial charge in [-0.15, -0.1) is 0 Å². The van der Waals surface area contributed by atoms with Crippen LogP contribution in [0.5, 0.6) is 0 Å². The molecule has 6 nitrogen and oxygen atoms in total. The summed E-state index contributed by atoms with van der Waals surface area (Å²) in [6, 6.07) is 0.338. The first kappa shape index (κ1) is 15.7. The van der Waals surface area contributed by atoms with Gasteiger partial charge in [0.2, 0.25) is 5.91 Å². The highest BCUT2D eigenvalue weighted by Crippen LogP contribution is 2.01. The number of rotatable bonds is 5. The van der Waals surface area contributed by atoms with Gasteiger partial charge in [-0.3, -0.25) is 9.69 Å². The normalized spacial score (nSPS) is 23.8. The molecule has 0 aromatic carbocycles. The van der Waals surface area contributed by atoms with Gasteiger partial charge in [0.15, 0.2) is 0 Å². The van der Waals surface area contributed by atoms with Gasteiger partial charge in [0.25, 0.3) is 0 Å². The van der Waals surface area contributed by atoms with Gasteiger partial charge >= 0.3 is 0 Å². The Morgan fingerprint density at radius 3 is 2.45 bits per heavy atom. The Hall–Kier alpha value is -0.690. The second kappa shape index (κ2) is 7.93. The molecular weight excluding hydrogens is 256 g/mol. The smallest absolute Gasteiger partial charge is 0.236 e. The van der Waals surface area contributed by atoms with E-state index in [9.17, 15) is 4.79 Å². The van der Waals surface area contributed by atoms with Crippen LogP contribution >= 0.6 is 0 Å². The number of likely N-dealkylation sites (N-methyl/N-ethyl adjacent to an activating group) is 1. The van der Waals surface area contributed by atoms with E-state index in [2.05, 4.69) is 29.1 Å². The second-order valence-electron chi connectivity index (χ2n) is 5.88. The number of nitrogens with one attached hydrogen (secondary N) is 1. The van der Waals surface area contributed by atoms with Crippen molar-refractivity contribution in [2.75, 3.05) is 72.6 Å². The summed E-state index contributed by atoms with van der Waals surface area (Å²) < 4.78 is 5.34. The molecule has 0 saturated carbocycles. The monoisotopic (exact) mass is 284 g/mol. The van der Waals surface area contributed by atoms with Crippen LogP contribution in [0.4, 0.5) is 0 Å². The average Bonchev–Trinajstić information content (AvgIpc) is 2.46. The summed E-state index contributed by atoms with van der Waals surface area (Å²) in [5, 5.41) is 3.35. The molecule has 2 aliphatic rings. The Morgan fingerprint density at radius 2 is 1.80 bits per heavy atom. The third-order valence-corrected chi connectivity index (χ3v) is 4.09. The fraction of sp³-hybridized carbons (Fsp3) is 0.929. The molecule has 1 N–H and O–H groups in total. The molecule has 6 heteroatoms. The quantitative estimate of drug-likeness (QED) is 0.707. The number of morpholine rings is 1. The van der Waals surface area contributed by atoms with Gasteiger partial charge in [-0.1, -0.05) is 0 Å². The maximum atomic E-state index is 12.1. The van der Waals surface area contributed by atoms with E-state index in [1.807, 2.05) is 4.90 Å². The van der Waals surface area contributed by atoms with Crippen molar-refractivity contribution in [1.29, 1.82) is 0 Å². The van der Waals surface area contributed by atoms with E-state index in [1.54, 1.807) is 0 Å². The zero-order chi connectivity index (χ0) is 14.4. The molecule has 2 fully saturated rings. The predicted octanol–water partition coefficient (Wildman–Crippen LogP) is -0.929. The van der Waals surface area contributed by atoms with Gasteiger partial charge in [-0.2, -0.15) is 0 Å². The number of piperazine rings is 1. The van der Waals surface area contributed by atoms with Gasteiger partial charge < -0.3 is 19.9 Å². The van der Waals surface area contributed by atoms with E-state index in [4.69, 9.17) is 4.74 Å². The molecule has 0 spiro atoms. The third-order valence-electron chi connectivity index (χ3n) is 4.09. The molecule has 1 amide bonds. The minimum Gasteiger partial charge on any atom is -0.379 e. The third kappa shape index (κ3) is 5.01. The summed E-state index contributed by atoms with van der Waals surface area (Å²) in [6.07, 6.45) is 0. The standard InChI is InChI=1S/C14H28N4O2/c1-13(12-17-7-9-20-10-8-17)15-11-14(19)18-5-3-16(2)4-6-18/h13,15H,3-12H2,1-2H3. The van der Waals surface area contributed by atoms with E-state index in [0.29, 0.717) is 12.6 Å². The van der Waals surface area contributed by atoms with Crippen LogP contribution in [0.15, 0.2) is 0 Å². The van der Waals surface area contributed by atoms with Crippen molar-refractivity contribution in [3.8, 4) is 0 Å². The molecule has 1 atom stereocenters. The first-order valence-corrected chi connectivity index (χ1v) is 7.65. The first-order chi connectivity index (χ1) is 9.65. The molecule has 2 heterocycles. The second-order valence-corrected chi connectivity index (χ2v) is 5.88. The molecule has 0 radical (unpaired) electrons. The van der Waals surface area contributed by atoms with Crippen LogP contribution in [0.25, 0.3) is 0 Å². The Balaban J connectivity index is 1.62. The van der Waals surface area contributed by atoms with Crippen molar-refractivity contribution >= 4 is 5.91 Å². The SMILES string of the molecule is CC(CN1CCOCC1)NCC(=O)N1CCN(C)CC1. The number of carbonyl (C=O) groups excluding carboxylic acids is 1. The molecule has 2 rings (SSSR count). The van der Waals surface area contributed by atoms with Crippen molar-refractivity contribution < 1.29 is 9.53 Å². The Bertz CT molecular complexity index is 300. The summed E-state index contributed by atoms with van der Waals surface area (Å²) in [7, 11) is 2.10. The van der Waals surface area contributed by atoms with E-state index in [-0.39, 0.29) is 5.91 Å². The lowest BCUT2D eigenvalue weighted by molar-refractivity contribution is -0.131. The zero-order valence-corrected chi connectivity index (χ0v) is 12.8. The van der Waals surface area contributed by atoms with E-state index in [0.717, 1.165) is 59.0 Å². The minimum absolute atomic E-state index is 0.229. The summed E-state index contributed by atoms with van der Waals surface area (Å²) in [4.78, 5) is 18.7. The molecule has 2 aliphatic heterocycles. The number of amides is 1. The highest BCUT2D eigenvalue weighted by Gasteiger charge is 2.19. The van der Waals surface area contributed by atoms with Crippen LogP contribution in [0.1, 0.15) is 6.92 Å². The van der Waals surface area contributed by atoms with Crippen LogP contribution in [-0.4, -0.2) is 99.3 Å². The lowest BCUT2D eigenvalue weighted by Gasteiger charge is -2.33. The molecule has 1 unspecified atom stereocenters. The fourth-order valence-corrected chi connectivity index (χ4v) is 2.66. The van der Waals surface area contributed by atoms with Crippen molar-refractivity contribution in [1.82, 2.24) is 20.0 Å². The maximum Gasteiger partial charge on any atom is 0.236 e. The summed E-state index contributed by atoms with van der Waals surface area (Å²) >= 11 is 0.